The number of carbonyl (C=O) groups is 2. The number of rotatable bonds is 5. The SMILES string of the molecule is CCCC#Cc1ccc(S(=O)(=O)N(C(=O)OC(C)(C)C)[C@H](C)C(=O)OC(C)(C)C)cc1. The topological polar surface area (TPSA) is 90.0 Å². The maximum atomic E-state index is 13.3. The van der Waals surface area contributed by atoms with E-state index < -0.39 is 39.3 Å². The predicted molar refractivity (Wildman–Crippen MR) is 119 cm³/mol. The van der Waals surface area contributed by atoms with Crippen molar-refractivity contribution in [3.8, 4) is 11.8 Å². The van der Waals surface area contributed by atoms with Crippen LogP contribution in [0.15, 0.2) is 29.2 Å². The van der Waals surface area contributed by atoms with E-state index in [9.17, 15) is 18.0 Å². The molecule has 0 aliphatic heterocycles. The maximum absolute atomic E-state index is 13.3. The Morgan fingerprint density at radius 3 is 1.97 bits per heavy atom. The van der Waals surface area contributed by atoms with Crippen molar-refractivity contribution < 1.29 is 27.5 Å². The highest BCUT2D eigenvalue weighted by atomic mass is 32.2. The first kappa shape index (κ1) is 26.5. The van der Waals surface area contributed by atoms with E-state index in [0.29, 0.717) is 9.87 Å². The van der Waals surface area contributed by atoms with Crippen LogP contribution in [-0.4, -0.2) is 42.0 Å². The number of amides is 1. The summed E-state index contributed by atoms with van der Waals surface area (Å²) in [6.07, 6.45) is 0.505. The van der Waals surface area contributed by atoms with Gasteiger partial charge in [0.15, 0.2) is 0 Å². The molecule has 31 heavy (non-hydrogen) atoms. The second kappa shape index (κ2) is 10.2. The summed E-state index contributed by atoms with van der Waals surface area (Å²) in [5.41, 5.74) is -1.17. The molecule has 7 nitrogen and oxygen atoms in total. The summed E-state index contributed by atoms with van der Waals surface area (Å²) in [5, 5.41) is 0. The van der Waals surface area contributed by atoms with Crippen LogP contribution in [0.3, 0.4) is 0 Å². The highest BCUT2D eigenvalue weighted by molar-refractivity contribution is 7.89. The van der Waals surface area contributed by atoms with Gasteiger partial charge in [0.05, 0.1) is 4.90 Å². The molecule has 0 spiro atoms. The number of hydrogen-bond acceptors (Lipinski definition) is 6. The van der Waals surface area contributed by atoms with Gasteiger partial charge in [-0.15, -0.1) is 0 Å². The number of nitrogens with zero attached hydrogens (tertiary/aromatic N) is 1. The Bertz CT molecular complexity index is 941. The predicted octanol–water partition coefficient (Wildman–Crippen LogP) is 4.49. The zero-order chi connectivity index (χ0) is 24.0. The van der Waals surface area contributed by atoms with Gasteiger partial charge in [-0.3, -0.25) is 0 Å². The zero-order valence-corrected chi connectivity index (χ0v) is 20.4. The molecule has 172 valence electrons. The van der Waals surface area contributed by atoms with E-state index in [4.69, 9.17) is 9.47 Å². The molecule has 0 saturated carbocycles. The normalized spacial score (nSPS) is 12.9. The summed E-state index contributed by atoms with van der Waals surface area (Å²) >= 11 is 0. The van der Waals surface area contributed by atoms with Crippen LogP contribution in [0.2, 0.25) is 0 Å². The van der Waals surface area contributed by atoms with Gasteiger partial charge < -0.3 is 9.47 Å². The molecule has 8 heteroatoms. The minimum Gasteiger partial charge on any atom is -0.458 e. The number of benzene rings is 1. The molecule has 0 unspecified atom stereocenters. The molecule has 1 rings (SSSR count). The van der Waals surface area contributed by atoms with E-state index in [0.717, 1.165) is 12.8 Å². The van der Waals surface area contributed by atoms with Crippen molar-refractivity contribution in [2.24, 2.45) is 0 Å². The van der Waals surface area contributed by atoms with Gasteiger partial charge in [0.1, 0.15) is 17.2 Å². The minimum absolute atomic E-state index is 0.158. The quantitative estimate of drug-likeness (QED) is 0.484. The summed E-state index contributed by atoms with van der Waals surface area (Å²) in [6.45, 7) is 13.1. The molecule has 0 saturated heterocycles. The third kappa shape index (κ3) is 8.25. The molecule has 0 aromatic heterocycles. The van der Waals surface area contributed by atoms with Gasteiger partial charge in [0, 0.05) is 12.0 Å². The molecule has 0 fully saturated rings. The molecule has 1 aromatic carbocycles. The van der Waals surface area contributed by atoms with Gasteiger partial charge in [-0.1, -0.05) is 18.8 Å². The lowest BCUT2D eigenvalue weighted by molar-refractivity contribution is -0.158. The fourth-order valence-corrected chi connectivity index (χ4v) is 3.81. The van der Waals surface area contributed by atoms with Crippen molar-refractivity contribution in [1.82, 2.24) is 4.31 Å². The number of ether oxygens (including phenoxy) is 2. The maximum Gasteiger partial charge on any atom is 0.425 e. The Hall–Kier alpha value is -2.53. The second-order valence-electron chi connectivity index (χ2n) is 9.07. The van der Waals surface area contributed by atoms with Crippen LogP contribution < -0.4 is 0 Å². The smallest absolute Gasteiger partial charge is 0.425 e. The van der Waals surface area contributed by atoms with Crippen LogP contribution in [0, 0.1) is 11.8 Å². The standard InChI is InChI=1S/C23H33NO6S/c1-9-10-11-12-18-13-15-19(16-14-18)31(27,28)24(21(26)30-23(6,7)8)17(2)20(25)29-22(3,4)5/h13-17H,9-10H2,1-8H3/t17-/m1/s1. The molecule has 0 aliphatic rings. The average Bonchev–Trinajstić information content (AvgIpc) is 2.59. The molecule has 0 aliphatic carbocycles. The third-order valence-electron chi connectivity index (χ3n) is 3.69. The largest absolute Gasteiger partial charge is 0.458 e. The molecule has 1 atom stereocenters. The number of unbranched alkanes of at least 4 members (excludes halogenated alkanes) is 1. The van der Waals surface area contributed by atoms with E-state index in [1.54, 1.807) is 53.7 Å². The summed E-state index contributed by atoms with van der Waals surface area (Å²) in [6, 6.07) is 4.39. The lowest BCUT2D eigenvalue weighted by Crippen LogP contribution is -2.50. The zero-order valence-electron chi connectivity index (χ0n) is 19.6. The highest BCUT2D eigenvalue weighted by Gasteiger charge is 2.41. The summed E-state index contributed by atoms with van der Waals surface area (Å²) in [7, 11) is -4.40. The average molecular weight is 452 g/mol. The van der Waals surface area contributed by atoms with Crippen molar-refractivity contribution in [2.75, 3.05) is 0 Å². The fraction of sp³-hybridized carbons (Fsp3) is 0.565. The number of carbonyl (C=O) groups excluding carboxylic acids is 2. The number of esters is 1. The first-order valence-corrected chi connectivity index (χ1v) is 11.6. The van der Waals surface area contributed by atoms with Crippen LogP contribution in [-0.2, 0) is 24.3 Å². The van der Waals surface area contributed by atoms with Gasteiger partial charge in [-0.25, -0.2) is 18.0 Å². The Labute approximate surface area is 186 Å². The minimum atomic E-state index is -4.40. The van der Waals surface area contributed by atoms with Gasteiger partial charge in [0.25, 0.3) is 10.0 Å². The van der Waals surface area contributed by atoms with E-state index in [2.05, 4.69) is 11.8 Å². The number of sulfonamides is 1. The molecule has 0 N–H and O–H groups in total. The summed E-state index contributed by atoms with van der Waals surface area (Å²) in [5.74, 6) is 5.08. The Balaban J connectivity index is 3.37. The Morgan fingerprint density at radius 2 is 1.52 bits per heavy atom. The highest BCUT2D eigenvalue weighted by Crippen LogP contribution is 2.24. The van der Waals surface area contributed by atoms with Gasteiger partial charge in [-0.05, 0) is 79.2 Å². The van der Waals surface area contributed by atoms with Crippen molar-refractivity contribution in [2.45, 2.75) is 90.4 Å². The van der Waals surface area contributed by atoms with Crippen molar-refractivity contribution in [1.29, 1.82) is 0 Å². The van der Waals surface area contributed by atoms with E-state index in [1.165, 1.54) is 19.1 Å². The van der Waals surface area contributed by atoms with Crippen molar-refractivity contribution >= 4 is 22.1 Å². The first-order valence-electron chi connectivity index (χ1n) is 10.2. The monoisotopic (exact) mass is 451 g/mol. The third-order valence-corrected chi connectivity index (χ3v) is 5.54. The molecule has 1 aromatic rings. The van der Waals surface area contributed by atoms with Crippen LogP contribution in [0.25, 0.3) is 0 Å². The molecule has 1 amide bonds. The molecular formula is C23H33NO6S. The van der Waals surface area contributed by atoms with Gasteiger partial charge in [0.2, 0.25) is 0 Å². The van der Waals surface area contributed by atoms with Crippen LogP contribution >= 0.6 is 0 Å². The van der Waals surface area contributed by atoms with Gasteiger partial charge >= 0.3 is 12.1 Å². The van der Waals surface area contributed by atoms with Crippen LogP contribution in [0.1, 0.15) is 73.8 Å². The molecule has 0 radical (unpaired) electrons. The molecular weight excluding hydrogens is 418 g/mol. The Morgan fingerprint density at radius 1 is 1.00 bits per heavy atom. The fourth-order valence-electron chi connectivity index (χ4n) is 2.37. The second-order valence-corrected chi connectivity index (χ2v) is 10.9. The van der Waals surface area contributed by atoms with Crippen molar-refractivity contribution in [3.05, 3.63) is 29.8 Å². The van der Waals surface area contributed by atoms with E-state index in [-0.39, 0.29) is 4.90 Å². The lowest BCUT2D eigenvalue weighted by atomic mass is 10.2. The summed E-state index contributed by atoms with van der Waals surface area (Å²) in [4.78, 5) is 25.3. The Kier molecular flexibility index (Phi) is 8.71. The first-order chi connectivity index (χ1) is 14.1. The van der Waals surface area contributed by atoms with E-state index >= 15 is 0 Å². The van der Waals surface area contributed by atoms with Crippen molar-refractivity contribution in [3.63, 3.8) is 0 Å². The number of hydrogen-bond donors (Lipinski definition) is 0. The molecule has 0 heterocycles. The van der Waals surface area contributed by atoms with Crippen LogP contribution in [0.4, 0.5) is 4.79 Å². The van der Waals surface area contributed by atoms with Crippen LogP contribution in [0.5, 0.6) is 0 Å². The summed E-state index contributed by atoms with van der Waals surface area (Å²) < 4.78 is 37.7. The lowest BCUT2D eigenvalue weighted by Gasteiger charge is -2.31. The van der Waals surface area contributed by atoms with E-state index in [1.807, 2.05) is 6.92 Å². The molecule has 0 bridgehead atoms. The van der Waals surface area contributed by atoms with Gasteiger partial charge in [-0.2, -0.15) is 4.31 Å².